The molecule has 4 N–H and O–H groups in total. The van der Waals surface area contributed by atoms with E-state index >= 15 is 4.39 Å². The van der Waals surface area contributed by atoms with Crippen LogP contribution in [0.1, 0.15) is 38.2 Å². The second-order valence-corrected chi connectivity index (χ2v) is 12.3. The Labute approximate surface area is 244 Å². The number of aliphatic hydroxyl groups is 1. The standard InChI is InChI=1S/C24H24FN5O2.C8H14FN/c1-27-22-19(24(29-12-31)30-10-14-6-15(11-30)21(14)26)9-28-23(20(22)25)18-8-16(32)7-13-4-2-3-5-17(13)18;1-8-3-2-4-10(8)6-7(9)5-8/h2-5,7-9,14-15,21,31-32H,1,6,10-12,26H2;7H,2-6H2,1H3/b29-24+;/t;7?,8-/m.0/s1. The molecule has 1 saturated carbocycles. The molecule has 1 aliphatic carbocycles. The Morgan fingerprint density at radius 1 is 1.21 bits per heavy atom. The van der Waals surface area contributed by atoms with Crippen LogP contribution in [0.25, 0.3) is 22.0 Å². The first-order chi connectivity index (χ1) is 20.2. The third-order valence-corrected chi connectivity index (χ3v) is 9.60. The number of aromatic hydroxyl groups is 1. The normalized spacial score (nSPS) is 28.7. The maximum Gasteiger partial charge on any atom is 0.175 e. The topological polar surface area (TPSA) is 111 Å². The number of aliphatic hydroxyl groups excluding tert-OH is 1. The van der Waals surface area contributed by atoms with Gasteiger partial charge in [-0.3, -0.25) is 14.9 Å². The summed E-state index contributed by atoms with van der Waals surface area (Å²) in [5, 5.41) is 21.2. The van der Waals surface area contributed by atoms with Crippen molar-refractivity contribution in [2.24, 2.45) is 27.6 Å². The lowest BCUT2D eigenvalue weighted by Gasteiger charge is -2.52. The second-order valence-electron chi connectivity index (χ2n) is 12.3. The monoisotopic (exact) mass is 576 g/mol. The number of phenolic OH excluding ortho intramolecular Hbond substituents is 1. The number of piperidine rings is 2. The van der Waals surface area contributed by atoms with Crippen LogP contribution in [0.5, 0.6) is 5.75 Å². The van der Waals surface area contributed by atoms with Crippen molar-refractivity contribution in [3.05, 3.63) is 54.0 Å². The Morgan fingerprint density at radius 3 is 2.67 bits per heavy atom. The number of hydrogen-bond donors (Lipinski definition) is 3. The summed E-state index contributed by atoms with van der Waals surface area (Å²) in [6.45, 7) is 8.51. The summed E-state index contributed by atoms with van der Waals surface area (Å²) in [5.74, 6) is 0.513. The van der Waals surface area contributed by atoms with Gasteiger partial charge >= 0.3 is 0 Å². The molecule has 3 unspecified atom stereocenters. The maximum atomic E-state index is 15.8. The zero-order chi connectivity index (χ0) is 29.6. The molecule has 4 saturated heterocycles. The minimum Gasteiger partial charge on any atom is -0.508 e. The van der Waals surface area contributed by atoms with Gasteiger partial charge in [-0.05, 0) is 80.6 Å². The lowest BCUT2D eigenvalue weighted by Crippen LogP contribution is -2.63. The fourth-order valence-corrected chi connectivity index (χ4v) is 7.40. The number of rotatable bonds is 4. The van der Waals surface area contributed by atoms with Crippen LogP contribution in [0, 0.1) is 17.7 Å². The summed E-state index contributed by atoms with van der Waals surface area (Å²) in [6, 6.07) is 10.7. The highest BCUT2D eigenvalue weighted by Crippen LogP contribution is 2.42. The van der Waals surface area contributed by atoms with Crippen molar-refractivity contribution < 1.29 is 19.0 Å². The summed E-state index contributed by atoms with van der Waals surface area (Å²) in [5.41, 5.74) is 7.33. The molecule has 8 nitrogen and oxygen atoms in total. The van der Waals surface area contributed by atoms with Crippen LogP contribution in [-0.2, 0) is 0 Å². The molecular formula is C32H38F2N6O2. The summed E-state index contributed by atoms with van der Waals surface area (Å²) in [4.78, 5) is 16.9. The van der Waals surface area contributed by atoms with Gasteiger partial charge in [0.25, 0.3) is 0 Å². The van der Waals surface area contributed by atoms with E-state index in [2.05, 4.69) is 33.5 Å². The average Bonchev–Trinajstić information content (AvgIpc) is 3.48. The Kier molecular flexibility index (Phi) is 7.72. The molecule has 0 amide bonds. The minimum absolute atomic E-state index is 0.0122. The molecule has 0 radical (unpaired) electrons. The van der Waals surface area contributed by atoms with Crippen molar-refractivity contribution >= 4 is 29.0 Å². The average molecular weight is 577 g/mol. The Hall–Kier alpha value is -3.47. The molecule has 2 aromatic carbocycles. The van der Waals surface area contributed by atoms with Crippen molar-refractivity contribution in [3.63, 3.8) is 0 Å². The fourth-order valence-electron chi connectivity index (χ4n) is 7.40. The molecule has 5 fully saturated rings. The van der Waals surface area contributed by atoms with Crippen molar-refractivity contribution in [1.29, 1.82) is 0 Å². The summed E-state index contributed by atoms with van der Waals surface area (Å²) < 4.78 is 28.6. The lowest BCUT2D eigenvalue weighted by atomic mass is 9.66. The van der Waals surface area contributed by atoms with Crippen LogP contribution in [-0.4, -0.2) is 88.2 Å². The summed E-state index contributed by atoms with van der Waals surface area (Å²) in [7, 11) is 0. The number of fused-ring (bicyclic) bond motifs is 4. The van der Waals surface area contributed by atoms with E-state index in [4.69, 9.17) is 5.73 Å². The molecule has 5 heterocycles. The van der Waals surface area contributed by atoms with Gasteiger partial charge in [0.15, 0.2) is 5.82 Å². The van der Waals surface area contributed by atoms with E-state index < -0.39 is 18.7 Å². The molecule has 4 aliphatic heterocycles. The lowest BCUT2D eigenvalue weighted by molar-refractivity contribution is 0.0389. The predicted molar refractivity (Wildman–Crippen MR) is 162 cm³/mol. The molecule has 4 atom stereocenters. The molecule has 0 spiro atoms. The van der Waals surface area contributed by atoms with Crippen molar-refractivity contribution in [2.45, 2.75) is 50.4 Å². The highest BCUT2D eigenvalue weighted by Gasteiger charge is 2.46. The Morgan fingerprint density at radius 2 is 1.98 bits per heavy atom. The number of benzene rings is 2. The fraction of sp³-hybridized carbons (Fsp3) is 0.469. The van der Waals surface area contributed by atoms with Gasteiger partial charge in [-0.2, -0.15) is 0 Å². The summed E-state index contributed by atoms with van der Waals surface area (Å²) >= 11 is 0. The molecule has 42 heavy (non-hydrogen) atoms. The number of aliphatic imine (C=N–C) groups is 2. The zero-order valence-electron chi connectivity index (χ0n) is 23.9. The van der Waals surface area contributed by atoms with E-state index in [1.165, 1.54) is 25.1 Å². The van der Waals surface area contributed by atoms with Crippen LogP contribution in [0.2, 0.25) is 0 Å². The van der Waals surface area contributed by atoms with E-state index in [0.717, 1.165) is 30.2 Å². The second kappa shape index (κ2) is 11.3. The van der Waals surface area contributed by atoms with Gasteiger partial charge < -0.3 is 20.8 Å². The van der Waals surface area contributed by atoms with Crippen LogP contribution < -0.4 is 5.73 Å². The smallest absolute Gasteiger partial charge is 0.175 e. The van der Waals surface area contributed by atoms with Gasteiger partial charge in [-0.15, -0.1) is 0 Å². The van der Waals surface area contributed by atoms with Crippen LogP contribution >= 0.6 is 0 Å². The largest absolute Gasteiger partial charge is 0.508 e. The number of nitrogens with two attached hydrogens (primary N) is 1. The van der Waals surface area contributed by atoms with Crippen LogP contribution in [0.3, 0.4) is 0 Å². The molecule has 5 aliphatic rings. The van der Waals surface area contributed by atoms with E-state index in [0.29, 0.717) is 48.4 Å². The zero-order valence-corrected chi connectivity index (χ0v) is 23.9. The third kappa shape index (κ3) is 5.05. The van der Waals surface area contributed by atoms with Gasteiger partial charge in [-0.25, -0.2) is 13.8 Å². The number of nitrogens with zero attached hydrogens (tertiary/aromatic N) is 5. The van der Waals surface area contributed by atoms with Crippen molar-refractivity contribution in [1.82, 2.24) is 14.8 Å². The highest BCUT2D eigenvalue weighted by molar-refractivity contribution is 6.04. The molecular weight excluding hydrogens is 538 g/mol. The number of aromatic nitrogens is 1. The number of hydrogen-bond acceptors (Lipinski definition) is 7. The third-order valence-electron chi connectivity index (χ3n) is 9.60. The number of pyridine rings is 1. The van der Waals surface area contributed by atoms with Crippen LogP contribution in [0.15, 0.2) is 52.6 Å². The number of alkyl halides is 1. The van der Waals surface area contributed by atoms with E-state index in [1.54, 1.807) is 6.07 Å². The van der Waals surface area contributed by atoms with E-state index in [-0.39, 0.29) is 28.7 Å². The van der Waals surface area contributed by atoms with Gasteiger partial charge in [0, 0.05) is 43.0 Å². The number of phenols is 1. The minimum atomic E-state index is -0.655. The molecule has 8 rings (SSSR count). The first-order valence-electron chi connectivity index (χ1n) is 14.6. The van der Waals surface area contributed by atoms with Gasteiger partial charge in [0.1, 0.15) is 35.9 Å². The van der Waals surface area contributed by atoms with E-state index in [9.17, 15) is 14.6 Å². The first kappa shape index (κ1) is 28.6. The molecule has 3 aromatic rings. The van der Waals surface area contributed by atoms with Crippen molar-refractivity contribution in [3.8, 4) is 17.0 Å². The molecule has 222 valence electrons. The Bertz CT molecular complexity index is 1520. The predicted octanol–water partition coefficient (Wildman–Crippen LogP) is 4.64. The first-order valence-corrected chi connectivity index (χ1v) is 14.6. The quantitative estimate of drug-likeness (QED) is 0.309. The number of amidine groups is 1. The molecule has 1 aromatic heterocycles. The van der Waals surface area contributed by atoms with Gasteiger partial charge in [-0.1, -0.05) is 24.3 Å². The highest BCUT2D eigenvalue weighted by atomic mass is 19.1. The Balaban J connectivity index is 0.000000265. The van der Waals surface area contributed by atoms with Crippen molar-refractivity contribution in [2.75, 3.05) is 32.9 Å². The molecule has 2 bridgehead atoms. The maximum absolute atomic E-state index is 15.8. The van der Waals surface area contributed by atoms with Crippen LogP contribution in [0.4, 0.5) is 14.5 Å². The van der Waals surface area contributed by atoms with Gasteiger partial charge in [0.2, 0.25) is 0 Å². The summed E-state index contributed by atoms with van der Waals surface area (Å²) in [6.07, 6.45) is 5.28. The van der Waals surface area contributed by atoms with Gasteiger partial charge in [0.05, 0.1) is 5.56 Å². The number of halogens is 2. The molecule has 10 heteroatoms. The van der Waals surface area contributed by atoms with E-state index in [1.807, 2.05) is 29.2 Å². The SMILES string of the molecule is C=Nc1c(/C(=N\CO)N2CC3CC(C2)C3N)cnc(-c2cc(O)cc3ccccc23)c1F.C[C@@]12CCCN1CC(F)C2.